The van der Waals surface area contributed by atoms with Crippen LogP contribution in [0.25, 0.3) is 0 Å². The monoisotopic (exact) mass is 293 g/mol. The van der Waals surface area contributed by atoms with Crippen LogP contribution in [0, 0.1) is 10.1 Å². The fourth-order valence-electron chi connectivity index (χ4n) is 1.69. The number of anilines is 1. The Morgan fingerprint density at radius 2 is 2.05 bits per heavy atom. The number of aromatic hydroxyl groups is 1. The van der Waals surface area contributed by atoms with Gasteiger partial charge in [0.1, 0.15) is 5.75 Å². The number of nitrogens with one attached hydrogen (secondary N) is 1. The molecule has 0 aliphatic carbocycles. The van der Waals surface area contributed by atoms with E-state index in [1.807, 2.05) is 0 Å². The zero-order valence-electron chi connectivity index (χ0n) is 10.4. The molecule has 0 spiro atoms. The summed E-state index contributed by atoms with van der Waals surface area (Å²) in [7, 11) is 0. The Kier molecular flexibility index (Phi) is 4.37. The van der Waals surface area contributed by atoms with Crippen molar-refractivity contribution in [3.8, 4) is 5.75 Å². The summed E-state index contributed by atoms with van der Waals surface area (Å²) in [5.41, 5.74) is 0.857. The number of aromatic nitrogens is 1. The number of hydrogen-bond acceptors (Lipinski definition) is 5. The van der Waals surface area contributed by atoms with Gasteiger partial charge in [-0.25, -0.2) is 4.98 Å². The van der Waals surface area contributed by atoms with Gasteiger partial charge >= 0.3 is 5.69 Å². The quantitative estimate of drug-likeness (QED) is 0.653. The van der Waals surface area contributed by atoms with Crippen LogP contribution in [0.3, 0.4) is 0 Å². The average Bonchev–Trinajstić information content (AvgIpc) is 2.42. The molecule has 7 heteroatoms. The van der Waals surface area contributed by atoms with Gasteiger partial charge in [0.05, 0.1) is 9.95 Å². The molecule has 0 saturated heterocycles. The molecule has 1 aromatic heterocycles. The van der Waals surface area contributed by atoms with Crippen molar-refractivity contribution in [2.75, 3.05) is 11.9 Å². The van der Waals surface area contributed by atoms with Gasteiger partial charge in [0.25, 0.3) is 0 Å². The third-order valence-electron chi connectivity index (χ3n) is 2.67. The second-order valence-electron chi connectivity index (χ2n) is 4.12. The zero-order valence-corrected chi connectivity index (χ0v) is 11.2. The molecule has 2 aromatic rings. The first-order chi connectivity index (χ1) is 9.56. The lowest BCUT2D eigenvalue weighted by Gasteiger charge is -2.06. The number of benzene rings is 1. The van der Waals surface area contributed by atoms with Crippen LogP contribution in [0.4, 0.5) is 11.5 Å². The van der Waals surface area contributed by atoms with Crippen molar-refractivity contribution in [2.24, 2.45) is 0 Å². The predicted octanol–water partition coefficient (Wildman–Crippen LogP) is 3.00. The second kappa shape index (κ2) is 6.21. The maximum Gasteiger partial charge on any atom is 0.312 e. The van der Waals surface area contributed by atoms with Crippen molar-refractivity contribution in [1.29, 1.82) is 0 Å². The van der Waals surface area contributed by atoms with Crippen LogP contribution >= 0.6 is 11.6 Å². The molecule has 20 heavy (non-hydrogen) atoms. The van der Waals surface area contributed by atoms with Gasteiger partial charge in [-0.1, -0.05) is 23.7 Å². The summed E-state index contributed by atoms with van der Waals surface area (Å²) in [6.07, 6.45) is 2.01. The largest absolute Gasteiger partial charge is 0.508 e. The Morgan fingerprint density at radius 3 is 2.70 bits per heavy atom. The van der Waals surface area contributed by atoms with E-state index in [4.69, 9.17) is 11.6 Å². The van der Waals surface area contributed by atoms with E-state index < -0.39 is 4.92 Å². The van der Waals surface area contributed by atoms with Gasteiger partial charge in [0, 0.05) is 18.8 Å². The lowest BCUT2D eigenvalue weighted by Crippen LogP contribution is -2.08. The topological polar surface area (TPSA) is 88.3 Å². The van der Waals surface area contributed by atoms with E-state index in [0.717, 1.165) is 5.56 Å². The van der Waals surface area contributed by atoms with Gasteiger partial charge in [-0.15, -0.1) is 0 Å². The third-order valence-corrected chi connectivity index (χ3v) is 2.88. The number of pyridine rings is 1. The highest BCUT2D eigenvalue weighted by Gasteiger charge is 2.15. The summed E-state index contributed by atoms with van der Waals surface area (Å²) >= 11 is 5.69. The summed E-state index contributed by atoms with van der Waals surface area (Å²) < 4.78 is 0. The van der Waals surface area contributed by atoms with Crippen LogP contribution in [0.1, 0.15) is 5.56 Å². The predicted molar refractivity (Wildman–Crippen MR) is 76.2 cm³/mol. The van der Waals surface area contributed by atoms with Crippen LogP contribution in [-0.2, 0) is 6.42 Å². The molecule has 1 heterocycles. The molecule has 0 radical (unpaired) electrons. The van der Waals surface area contributed by atoms with Crippen LogP contribution in [0.15, 0.2) is 36.5 Å². The van der Waals surface area contributed by atoms with E-state index in [2.05, 4.69) is 10.3 Å². The Hall–Kier alpha value is -2.34. The average molecular weight is 294 g/mol. The SMILES string of the molecule is O=[N+]([O-])c1cc(Cl)cnc1NCCc1ccc(O)cc1. The van der Waals surface area contributed by atoms with Crippen LogP contribution in [-0.4, -0.2) is 21.6 Å². The van der Waals surface area contributed by atoms with E-state index in [-0.39, 0.29) is 22.3 Å². The smallest absolute Gasteiger partial charge is 0.312 e. The molecule has 0 amide bonds. The molecular weight excluding hydrogens is 282 g/mol. The van der Waals surface area contributed by atoms with Crippen molar-refractivity contribution >= 4 is 23.1 Å². The van der Waals surface area contributed by atoms with E-state index in [9.17, 15) is 15.2 Å². The van der Waals surface area contributed by atoms with Gasteiger partial charge in [-0.05, 0) is 24.1 Å². The summed E-state index contributed by atoms with van der Waals surface area (Å²) in [5.74, 6) is 0.398. The highest BCUT2D eigenvalue weighted by Crippen LogP contribution is 2.24. The number of nitro groups is 1. The lowest BCUT2D eigenvalue weighted by atomic mass is 10.1. The lowest BCUT2D eigenvalue weighted by molar-refractivity contribution is -0.384. The molecule has 6 nitrogen and oxygen atoms in total. The molecule has 104 valence electrons. The summed E-state index contributed by atoms with van der Waals surface area (Å²) in [6, 6.07) is 8.04. The highest BCUT2D eigenvalue weighted by atomic mass is 35.5. The first kappa shape index (κ1) is 14.1. The van der Waals surface area contributed by atoms with E-state index >= 15 is 0 Å². The van der Waals surface area contributed by atoms with Crippen molar-refractivity contribution < 1.29 is 10.0 Å². The fourth-order valence-corrected chi connectivity index (χ4v) is 1.84. The molecule has 0 bridgehead atoms. The molecule has 2 rings (SSSR count). The second-order valence-corrected chi connectivity index (χ2v) is 4.56. The van der Waals surface area contributed by atoms with Crippen molar-refractivity contribution in [1.82, 2.24) is 4.98 Å². The third kappa shape index (κ3) is 3.58. The van der Waals surface area contributed by atoms with Crippen molar-refractivity contribution in [3.63, 3.8) is 0 Å². The van der Waals surface area contributed by atoms with Gasteiger partial charge in [-0.2, -0.15) is 0 Å². The number of halogens is 1. The van der Waals surface area contributed by atoms with E-state index in [1.165, 1.54) is 12.3 Å². The number of phenolic OH excluding ortho intramolecular Hbond substituents is 1. The van der Waals surface area contributed by atoms with Crippen molar-refractivity contribution in [3.05, 3.63) is 57.2 Å². The number of phenols is 1. The Labute approximate surface area is 120 Å². The first-order valence-electron chi connectivity index (χ1n) is 5.88. The maximum atomic E-state index is 10.9. The highest BCUT2D eigenvalue weighted by molar-refractivity contribution is 6.30. The van der Waals surface area contributed by atoms with E-state index in [0.29, 0.717) is 13.0 Å². The fraction of sp³-hybridized carbons (Fsp3) is 0.154. The standard InChI is InChI=1S/C13H12ClN3O3/c14-10-7-12(17(19)20)13(16-8-10)15-6-5-9-1-3-11(18)4-2-9/h1-4,7-8,18H,5-6H2,(H,15,16). The molecule has 0 unspecified atom stereocenters. The zero-order chi connectivity index (χ0) is 14.5. The Bertz CT molecular complexity index is 617. The van der Waals surface area contributed by atoms with Crippen LogP contribution < -0.4 is 5.32 Å². The molecule has 0 aliphatic heterocycles. The molecule has 0 saturated carbocycles. The normalized spacial score (nSPS) is 10.2. The van der Waals surface area contributed by atoms with Crippen molar-refractivity contribution in [2.45, 2.75) is 6.42 Å². The summed E-state index contributed by atoms with van der Waals surface area (Å²) in [5, 5.41) is 23.2. The number of rotatable bonds is 5. The Balaban J connectivity index is 2.00. The summed E-state index contributed by atoms with van der Waals surface area (Å²) in [4.78, 5) is 14.3. The van der Waals surface area contributed by atoms with Gasteiger partial charge in [0.2, 0.25) is 5.82 Å². The molecular formula is C13H12ClN3O3. The Morgan fingerprint density at radius 1 is 1.35 bits per heavy atom. The minimum absolute atomic E-state index is 0.150. The number of hydrogen-bond donors (Lipinski definition) is 2. The van der Waals surface area contributed by atoms with Crippen LogP contribution in [0.5, 0.6) is 5.75 Å². The molecule has 0 atom stereocenters. The van der Waals surface area contributed by atoms with E-state index in [1.54, 1.807) is 24.3 Å². The molecule has 1 aromatic carbocycles. The molecule has 0 fully saturated rings. The van der Waals surface area contributed by atoms with Gasteiger partial charge in [0.15, 0.2) is 0 Å². The molecule has 0 aliphatic rings. The van der Waals surface area contributed by atoms with Crippen LogP contribution in [0.2, 0.25) is 5.02 Å². The number of nitrogens with zero attached hydrogens (tertiary/aromatic N) is 2. The maximum absolute atomic E-state index is 10.9. The minimum atomic E-state index is -0.526. The molecule has 2 N–H and O–H groups in total. The summed E-state index contributed by atoms with van der Waals surface area (Å²) in [6.45, 7) is 0.486. The minimum Gasteiger partial charge on any atom is -0.508 e. The first-order valence-corrected chi connectivity index (χ1v) is 6.26. The van der Waals surface area contributed by atoms with Gasteiger partial charge < -0.3 is 10.4 Å². The van der Waals surface area contributed by atoms with Gasteiger partial charge in [-0.3, -0.25) is 10.1 Å².